The lowest BCUT2D eigenvalue weighted by molar-refractivity contribution is -0.137. The first-order valence-electron chi connectivity index (χ1n) is 6.81. The number of amides is 2. The Morgan fingerprint density at radius 3 is 2.41 bits per heavy atom. The Balaban J connectivity index is 2.85. The van der Waals surface area contributed by atoms with Crippen LogP contribution in [0.25, 0.3) is 0 Å². The maximum Gasteiger partial charge on any atom is 0.340 e. The van der Waals surface area contributed by atoms with Crippen LogP contribution < -0.4 is 10.6 Å². The van der Waals surface area contributed by atoms with Gasteiger partial charge in [0.25, 0.3) is 0 Å². The molecule has 120 valence electrons. The van der Waals surface area contributed by atoms with Crippen LogP contribution in [0.15, 0.2) is 24.3 Å². The van der Waals surface area contributed by atoms with Gasteiger partial charge in [0, 0.05) is 0 Å². The molecule has 0 bridgehead atoms. The number of hydrogen-bond acceptors (Lipinski definition) is 5. The fourth-order valence-corrected chi connectivity index (χ4v) is 1.56. The second-order valence-electron chi connectivity index (χ2n) is 5.22. The molecule has 7 heteroatoms. The average molecular weight is 308 g/mol. The lowest BCUT2D eigenvalue weighted by Crippen LogP contribution is -2.50. The van der Waals surface area contributed by atoms with E-state index in [4.69, 9.17) is 9.84 Å². The second kappa shape index (κ2) is 7.56. The molecular formula is C15H20N2O5. The maximum atomic E-state index is 11.9. The van der Waals surface area contributed by atoms with Crippen molar-refractivity contribution in [2.24, 2.45) is 0 Å². The molecule has 0 fully saturated rings. The quantitative estimate of drug-likeness (QED) is 0.548. The number of anilines is 1. The van der Waals surface area contributed by atoms with Crippen LogP contribution in [0.5, 0.6) is 0 Å². The molecule has 0 heterocycles. The number of para-hydroxylation sites is 1. The van der Waals surface area contributed by atoms with Crippen LogP contribution in [0.4, 0.5) is 5.69 Å². The molecule has 0 atom stereocenters. The van der Waals surface area contributed by atoms with E-state index in [0.717, 1.165) is 0 Å². The summed E-state index contributed by atoms with van der Waals surface area (Å²) in [5, 5.41) is 13.8. The van der Waals surface area contributed by atoms with Gasteiger partial charge in [-0.1, -0.05) is 12.1 Å². The molecule has 1 aromatic rings. The summed E-state index contributed by atoms with van der Waals surface area (Å²) in [5.41, 5.74) is -0.579. The third-order valence-corrected chi connectivity index (χ3v) is 2.72. The highest BCUT2D eigenvalue weighted by atomic mass is 16.5. The van der Waals surface area contributed by atoms with Crippen molar-refractivity contribution in [3.63, 3.8) is 0 Å². The highest BCUT2D eigenvalue weighted by molar-refractivity contribution is 6.40. The summed E-state index contributed by atoms with van der Waals surface area (Å²) in [6.07, 6.45) is 0. The summed E-state index contributed by atoms with van der Waals surface area (Å²) >= 11 is 0. The molecule has 0 unspecified atom stereocenters. The molecule has 2 amide bonds. The van der Waals surface area contributed by atoms with Gasteiger partial charge >= 0.3 is 17.8 Å². The highest BCUT2D eigenvalue weighted by Gasteiger charge is 2.24. The largest absolute Gasteiger partial charge is 0.462 e. The van der Waals surface area contributed by atoms with E-state index in [1.807, 2.05) is 0 Å². The van der Waals surface area contributed by atoms with Gasteiger partial charge in [-0.3, -0.25) is 9.59 Å². The molecule has 0 aromatic heterocycles. The van der Waals surface area contributed by atoms with Gasteiger partial charge in [-0.15, -0.1) is 0 Å². The molecule has 0 saturated heterocycles. The number of aliphatic hydroxyl groups is 1. The van der Waals surface area contributed by atoms with Gasteiger partial charge in [0.2, 0.25) is 0 Å². The molecule has 0 aliphatic rings. The number of esters is 1. The summed E-state index contributed by atoms with van der Waals surface area (Å²) in [6, 6.07) is 6.22. The molecule has 22 heavy (non-hydrogen) atoms. The third kappa shape index (κ3) is 4.85. The zero-order chi connectivity index (χ0) is 16.8. The predicted molar refractivity (Wildman–Crippen MR) is 80.3 cm³/mol. The van der Waals surface area contributed by atoms with Crippen molar-refractivity contribution < 1.29 is 24.2 Å². The van der Waals surface area contributed by atoms with E-state index in [2.05, 4.69) is 10.6 Å². The van der Waals surface area contributed by atoms with E-state index in [1.54, 1.807) is 32.9 Å². The SMILES string of the molecule is CCOC(=O)c1ccccc1NC(=O)C(=O)NC(C)(C)CO. The molecule has 0 saturated carbocycles. The number of nitrogens with one attached hydrogen (secondary N) is 2. The van der Waals surface area contributed by atoms with Gasteiger partial charge in [0.15, 0.2) is 0 Å². The molecule has 0 radical (unpaired) electrons. The van der Waals surface area contributed by atoms with Gasteiger partial charge in [-0.25, -0.2) is 4.79 Å². The van der Waals surface area contributed by atoms with Crippen molar-refractivity contribution in [3.05, 3.63) is 29.8 Å². The lowest BCUT2D eigenvalue weighted by atomic mass is 10.1. The monoisotopic (exact) mass is 308 g/mol. The van der Waals surface area contributed by atoms with E-state index in [-0.39, 0.29) is 24.5 Å². The summed E-state index contributed by atoms with van der Waals surface area (Å²) in [5.74, 6) is -2.43. The Morgan fingerprint density at radius 2 is 1.82 bits per heavy atom. The number of hydrogen-bond donors (Lipinski definition) is 3. The minimum Gasteiger partial charge on any atom is -0.462 e. The first kappa shape index (κ1) is 17.6. The van der Waals surface area contributed by atoms with Crippen LogP contribution in [0.3, 0.4) is 0 Å². The Hall–Kier alpha value is -2.41. The van der Waals surface area contributed by atoms with E-state index in [0.29, 0.717) is 0 Å². The molecule has 7 nitrogen and oxygen atoms in total. The first-order chi connectivity index (χ1) is 10.3. The van der Waals surface area contributed by atoms with Gasteiger partial charge in [-0.05, 0) is 32.9 Å². The number of aliphatic hydroxyl groups excluding tert-OH is 1. The number of rotatable bonds is 5. The summed E-state index contributed by atoms with van der Waals surface area (Å²) in [7, 11) is 0. The van der Waals surface area contributed by atoms with Crippen molar-refractivity contribution in [2.75, 3.05) is 18.5 Å². The predicted octanol–water partition coefficient (Wildman–Crippen LogP) is 0.689. The van der Waals surface area contributed by atoms with E-state index < -0.39 is 23.3 Å². The van der Waals surface area contributed by atoms with Crippen LogP contribution in [0, 0.1) is 0 Å². The van der Waals surface area contributed by atoms with Crippen molar-refractivity contribution in [3.8, 4) is 0 Å². The van der Waals surface area contributed by atoms with Gasteiger partial charge in [0.1, 0.15) is 0 Å². The van der Waals surface area contributed by atoms with Crippen LogP contribution >= 0.6 is 0 Å². The third-order valence-electron chi connectivity index (χ3n) is 2.72. The van der Waals surface area contributed by atoms with E-state index >= 15 is 0 Å². The molecular weight excluding hydrogens is 288 g/mol. The molecule has 0 aliphatic heterocycles. The Kier molecular flexibility index (Phi) is 6.06. The Morgan fingerprint density at radius 1 is 1.18 bits per heavy atom. The standard InChI is InChI=1S/C15H20N2O5/c1-4-22-14(21)10-7-5-6-8-11(10)16-12(19)13(20)17-15(2,3)9-18/h5-8,18H,4,9H2,1-3H3,(H,16,19)(H,17,20). The fraction of sp³-hybridized carbons (Fsp3) is 0.400. The van der Waals surface area contributed by atoms with Crippen LogP contribution in [0.1, 0.15) is 31.1 Å². The number of carbonyl (C=O) groups excluding carboxylic acids is 3. The molecule has 0 spiro atoms. The normalized spacial score (nSPS) is 10.7. The molecule has 1 aromatic carbocycles. The smallest absolute Gasteiger partial charge is 0.340 e. The van der Waals surface area contributed by atoms with Crippen molar-refractivity contribution in [1.82, 2.24) is 5.32 Å². The second-order valence-corrected chi connectivity index (χ2v) is 5.22. The number of benzene rings is 1. The van der Waals surface area contributed by atoms with Gasteiger partial charge in [-0.2, -0.15) is 0 Å². The minimum atomic E-state index is -0.932. The topological polar surface area (TPSA) is 105 Å². The van der Waals surface area contributed by atoms with Crippen LogP contribution in [0.2, 0.25) is 0 Å². The molecule has 0 aliphatic carbocycles. The number of ether oxygens (including phenoxy) is 1. The highest BCUT2D eigenvalue weighted by Crippen LogP contribution is 2.16. The van der Waals surface area contributed by atoms with Gasteiger partial charge in [0.05, 0.1) is 30.0 Å². The summed E-state index contributed by atoms with van der Waals surface area (Å²) < 4.78 is 4.88. The zero-order valence-corrected chi connectivity index (χ0v) is 12.8. The summed E-state index contributed by atoms with van der Waals surface area (Å²) in [4.78, 5) is 35.4. The van der Waals surface area contributed by atoms with Crippen LogP contribution in [-0.2, 0) is 14.3 Å². The maximum absolute atomic E-state index is 11.9. The van der Waals surface area contributed by atoms with Gasteiger partial charge < -0.3 is 20.5 Å². The fourth-order valence-electron chi connectivity index (χ4n) is 1.56. The zero-order valence-electron chi connectivity index (χ0n) is 12.8. The molecule has 3 N–H and O–H groups in total. The average Bonchev–Trinajstić information content (AvgIpc) is 2.47. The Bertz CT molecular complexity index is 569. The Labute approximate surface area is 128 Å². The van der Waals surface area contributed by atoms with E-state index in [9.17, 15) is 14.4 Å². The first-order valence-corrected chi connectivity index (χ1v) is 6.81. The van der Waals surface area contributed by atoms with Crippen molar-refractivity contribution in [1.29, 1.82) is 0 Å². The van der Waals surface area contributed by atoms with Crippen molar-refractivity contribution in [2.45, 2.75) is 26.3 Å². The van der Waals surface area contributed by atoms with E-state index in [1.165, 1.54) is 12.1 Å². The van der Waals surface area contributed by atoms with Crippen LogP contribution in [-0.4, -0.2) is 41.6 Å². The molecule has 1 rings (SSSR count). The van der Waals surface area contributed by atoms with Crippen molar-refractivity contribution >= 4 is 23.5 Å². The number of carbonyl (C=O) groups is 3. The lowest BCUT2D eigenvalue weighted by Gasteiger charge is -2.23. The minimum absolute atomic E-state index is 0.159. The summed E-state index contributed by atoms with van der Waals surface area (Å²) in [6.45, 7) is 4.71.